The van der Waals surface area contributed by atoms with Crippen molar-refractivity contribution in [3.63, 3.8) is 0 Å². The minimum absolute atomic E-state index is 0.0153. The highest BCUT2D eigenvalue weighted by Crippen LogP contribution is 2.29. The van der Waals surface area contributed by atoms with Crippen molar-refractivity contribution in [1.82, 2.24) is 10.2 Å². The highest BCUT2D eigenvalue weighted by atomic mass is 35.5. The van der Waals surface area contributed by atoms with Crippen LogP contribution in [0.15, 0.2) is 42.5 Å². The third-order valence-corrected chi connectivity index (χ3v) is 4.73. The van der Waals surface area contributed by atoms with Gasteiger partial charge >= 0.3 is 0 Å². The first-order chi connectivity index (χ1) is 12.6. The van der Waals surface area contributed by atoms with E-state index in [1.165, 1.54) is 0 Å². The van der Waals surface area contributed by atoms with Crippen molar-refractivity contribution in [2.75, 3.05) is 26.7 Å². The Bertz CT molecular complexity index is 764. The normalized spacial score (nSPS) is 17.0. The van der Waals surface area contributed by atoms with Crippen LogP contribution in [0, 0.1) is 0 Å². The minimum Gasteiger partial charge on any atom is -0.493 e. The van der Waals surface area contributed by atoms with Gasteiger partial charge in [0.25, 0.3) is 5.91 Å². The molecule has 6 heteroatoms. The molecule has 0 spiro atoms. The van der Waals surface area contributed by atoms with E-state index in [4.69, 9.17) is 21.1 Å². The lowest BCUT2D eigenvalue weighted by Crippen LogP contribution is -2.52. The zero-order valence-electron chi connectivity index (χ0n) is 15.0. The maximum absolute atomic E-state index is 12.8. The van der Waals surface area contributed by atoms with Gasteiger partial charge in [0.05, 0.1) is 7.11 Å². The molecule has 1 N–H and O–H groups in total. The lowest BCUT2D eigenvalue weighted by Gasteiger charge is -2.34. The number of rotatable bonds is 5. The van der Waals surface area contributed by atoms with Gasteiger partial charge in [0, 0.05) is 36.3 Å². The number of ether oxygens (including phenoxy) is 2. The summed E-state index contributed by atoms with van der Waals surface area (Å²) in [5.74, 6) is 1.17. The highest BCUT2D eigenvalue weighted by Gasteiger charge is 2.24. The fraction of sp³-hybridized carbons (Fsp3) is 0.350. The van der Waals surface area contributed by atoms with Crippen LogP contribution in [0.2, 0.25) is 5.02 Å². The molecular weight excluding hydrogens is 352 g/mol. The summed E-state index contributed by atoms with van der Waals surface area (Å²) in [6.45, 7) is 4.78. The topological polar surface area (TPSA) is 50.8 Å². The number of benzene rings is 2. The van der Waals surface area contributed by atoms with Gasteiger partial charge in [-0.15, -0.1) is 0 Å². The molecule has 2 aromatic rings. The highest BCUT2D eigenvalue weighted by molar-refractivity contribution is 6.30. The quantitative estimate of drug-likeness (QED) is 0.871. The SMILES string of the molecule is COc1cc(C(=O)N2CCNC[C@H]2C)ccc1OCc1ccc(Cl)cc1. The largest absolute Gasteiger partial charge is 0.493 e. The van der Waals surface area contributed by atoms with Gasteiger partial charge in [-0.25, -0.2) is 0 Å². The zero-order valence-corrected chi connectivity index (χ0v) is 15.8. The zero-order chi connectivity index (χ0) is 18.5. The van der Waals surface area contributed by atoms with Crippen LogP contribution < -0.4 is 14.8 Å². The number of amides is 1. The maximum Gasteiger partial charge on any atom is 0.254 e. The summed E-state index contributed by atoms with van der Waals surface area (Å²) in [7, 11) is 1.58. The molecule has 0 radical (unpaired) electrons. The molecule has 0 aromatic heterocycles. The summed E-state index contributed by atoms with van der Waals surface area (Å²) in [5.41, 5.74) is 1.61. The average molecular weight is 375 g/mol. The van der Waals surface area contributed by atoms with Gasteiger partial charge in [-0.05, 0) is 42.8 Å². The molecular formula is C20H23ClN2O3. The van der Waals surface area contributed by atoms with Crippen molar-refractivity contribution in [3.8, 4) is 11.5 Å². The van der Waals surface area contributed by atoms with Crippen LogP contribution in [-0.4, -0.2) is 43.6 Å². The van der Waals surface area contributed by atoms with Crippen LogP contribution in [0.5, 0.6) is 11.5 Å². The Kier molecular flexibility index (Phi) is 6.01. The molecule has 1 aliphatic heterocycles. The number of carbonyl (C=O) groups is 1. The van der Waals surface area contributed by atoms with Crippen LogP contribution >= 0.6 is 11.6 Å². The Labute approximate surface area is 158 Å². The standard InChI is InChI=1S/C20H23ClN2O3/c1-14-12-22-9-10-23(14)20(24)16-5-8-18(19(11-16)25-2)26-13-15-3-6-17(21)7-4-15/h3-8,11,14,22H,9-10,12-13H2,1-2H3/t14-/m1/s1. The number of halogens is 1. The number of piperazine rings is 1. The minimum atomic E-state index is 0.0153. The number of nitrogens with one attached hydrogen (secondary N) is 1. The monoisotopic (exact) mass is 374 g/mol. The molecule has 1 heterocycles. The smallest absolute Gasteiger partial charge is 0.254 e. The number of nitrogens with zero attached hydrogens (tertiary/aromatic N) is 1. The van der Waals surface area contributed by atoms with Crippen molar-refractivity contribution in [3.05, 3.63) is 58.6 Å². The fourth-order valence-corrected chi connectivity index (χ4v) is 3.10. The number of hydrogen-bond acceptors (Lipinski definition) is 4. The first-order valence-corrected chi connectivity index (χ1v) is 9.03. The molecule has 0 unspecified atom stereocenters. The van der Waals surface area contributed by atoms with Gasteiger partial charge in [-0.3, -0.25) is 4.79 Å². The molecule has 1 aliphatic rings. The summed E-state index contributed by atoms with van der Waals surface area (Å²) in [5, 5.41) is 3.98. The van der Waals surface area contributed by atoms with Crippen molar-refractivity contribution >= 4 is 17.5 Å². The van der Waals surface area contributed by atoms with Crippen molar-refractivity contribution in [2.24, 2.45) is 0 Å². The van der Waals surface area contributed by atoms with Crippen molar-refractivity contribution in [1.29, 1.82) is 0 Å². The van der Waals surface area contributed by atoms with E-state index >= 15 is 0 Å². The van der Waals surface area contributed by atoms with Crippen molar-refractivity contribution < 1.29 is 14.3 Å². The molecule has 2 aromatic carbocycles. The van der Waals surface area contributed by atoms with Crippen LogP contribution in [-0.2, 0) is 6.61 Å². The van der Waals surface area contributed by atoms with E-state index in [0.29, 0.717) is 35.2 Å². The van der Waals surface area contributed by atoms with Gasteiger partial charge in [0.15, 0.2) is 11.5 Å². The first-order valence-electron chi connectivity index (χ1n) is 8.65. The van der Waals surface area contributed by atoms with Crippen molar-refractivity contribution in [2.45, 2.75) is 19.6 Å². The van der Waals surface area contributed by atoms with Crippen LogP contribution in [0.25, 0.3) is 0 Å². The van der Waals surface area contributed by atoms with E-state index in [-0.39, 0.29) is 11.9 Å². The fourth-order valence-electron chi connectivity index (χ4n) is 2.97. The third kappa shape index (κ3) is 4.29. The Hall–Kier alpha value is -2.24. The van der Waals surface area contributed by atoms with Gasteiger partial charge in [-0.2, -0.15) is 0 Å². The van der Waals surface area contributed by atoms with E-state index in [2.05, 4.69) is 5.32 Å². The molecule has 0 saturated carbocycles. The lowest BCUT2D eigenvalue weighted by molar-refractivity contribution is 0.0655. The second-order valence-electron chi connectivity index (χ2n) is 6.33. The molecule has 1 amide bonds. The summed E-state index contributed by atoms with van der Waals surface area (Å²) in [6.07, 6.45) is 0. The Morgan fingerprint density at radius 1 is 1.23 bits per heavy atom. The Balaban J connectivity index is 1.72. The Morgan fingerprint density at radius 2 is 2.00 bits per heavy atom. The van der Waals surface area contributed by atoms with E-state index in [9.17, 15) is 4.79 Å². The summed E-state index contributed by atoms with van der Waals surface area (Å²) < 4.78 is 11.3. The molecule has 5 nitrogen and oxygen atoms in total. The third-order valence-electron chi connectivity index (χ3n) is 4.48. The second kappa shape index (κ2) is 8.43. The predicted octanol–water partition coefficient (Wildman–Crippen LogP) is 3.36. The molecule has 3 rings (SSSR count). The van der Waals surface area contributed by atoms with Crippen LogP contribution in [0.3, 0.4) is 0 Å². The molecule has 26 heavy (non-hydrogen) atoms. The number of methoxy groups -OCH3 is 1. The Morgan fingerprint density at radius 3 is 2.69 bits per heavy atom. The van der Waals surface area contributed by atoms with E-state index in [1.807, 2.05) is 36.1 Å². The van der Waals surface area contributed by atoms with E-state index < -0.39 is 0 Å². The molecule has 1 atom stereocenters. The molecule has 0 bridgehead atoms. The number of carbonyl (C=O) groups excluding carboxylic acids is 1. The lowest BCUT2D eigenvalue weighted by atomic mass is 10.1. The van der Waals surface area contributed by atoms with E-state index in [1.54, 1.807) is 25.3 Å². The van der Waals surface area contributed by atoms with Gasteiger partial charge in [0.1, 0.15) is 6.61 Å². The molecule has 1 saturated heterocycles. The summed E-state index contributed by atoms with van der Waals surface area (Å²) >= 11 is 5.90. The average Bonchev–Trinajstić information content (AvgIpc) is 2.67. The molecule has 138 valence electrons. The van der Waals surface area contributed by atoms with Crippen LogP contribution in [0.1, 0.15) is 22.8 Å². The van der Waals surface area contributed by atoms with Crippen LogP contribution in [0.4, 0.5) is 0 Å². The van der Waals surface area contributed by atoms with Gasteiger partial charge < -0.3 is 19.7 Å². The first kappa shape index (κ1) is 18.5. The van der Waals surface area contributed by atoms with Gasteiger partial charge in [0.2, 0.25) is 0 Å². The van der Waals surface area contributed by atoms with E-state index in [0.717, 1.165) is 18.7 Å². The molecule has 1 fully saturated rings. The predicted molar refractivity (Wildman–Crippen MR) is 102 cm³/mol. The second-order valence-corrected chi connectivity index (χ2v) is 6.77. The number of hydrogen-bond donors (Lipinski definition) is 1. The maximum atomic E-state index is 12.8. The van der Waals surface area contributed by atoms with Gasteiger partial charge in [-0.1, -0.05) is 23.7 Å². The summed E-state index contributed by atoms with van der Waals surface area (Å²) in [4.78, 5) is 14.7. The molecule has 0 aliphatic carbocycles. The summed E-state index contributed by atoms with van der Waals surface area (Å²) in [6, 6.07) is 13.0.